The Labute approximate surface area is 49.7 Å². The maximum absolute atomic E-state index is 11.3. The zero-order valence-electron chi connectivity index (χ0n) is 4.34. The summed E-state index contributed by atoms with van der Waals surface area (Å²) in [5.41, 5.74) is 0. The summed E-state index contributed by atoms with van der Waals surface area (Å²) in [6.45, 7) is -2.79. The van der Waals surface area contributed by atoms with Crippen LogP contribution >= 0.6 is 0 Å². The Morgan fingerprint density at radius 1 is 1.67 bits per heavy atom. The van der Waals surface area contributed by atoms with Crippen molar-refractivity contribution in [1.29, 1.82) is 0 Å². The second kappa shape index (κ2) is 2.43. The van der Waals surface area contributed by atoms with Crippen molar-refractivity contribution in [2.24, 2.45) is 0 Å². The first-order valence-electron chi connectivity index (χ1n) is 2.22. The standard InChI is InChI=1S/C4H4F2N2O/c5-4(6)9-3-1-7-2-8-3/h1-2,4H,(H,7,8). The van der Waals surface area contributed by atoms with E-state index in [1.807, 2.05) is 0 Å². The molecule has 0 aromatic carbocycles. The summed E-state index contributed by atoms with van der Waals surface area (Å²) in [5, 5.41) is 0. The predicted molar refractivity (Wildman–Crippen MR) is 25.2 cm³/mol. The molecule has 1 heterocycles. The van der Waals surface area contributed by atoms with Gasteiger partial charge in [0.15, 0.2) is 0 Å². The normalized spacial score (nSPS) is 10.1. The van der Waals surface area contributed by atoms with Gasteiger partial charge in [-0.2, -0.15) is 8.78 Å². The highest BCUT2D eigenvalue weighted by molar-refractivity contribution is 5.00. The molecular formula is C4H4F2N2O. The lowest BCUT2D eigenvalue weighted by molar-refractivity contribution is -0.0525. The van der Waals surface area contributed by atoms with Crippen molar-refractivity contribution in [3.8, 4) is 5.88 Å². The van der Waals surface area contributed by atoms with Crippen LogP contribution in [0.15, 0.2) is 12.5 Å². The Kier molecular flexibility index (Phi) is 1.62. The molecule has 3 nitrogen and oxygen atoms in total. The number of hydrogen-bond donors (Lipinski definition) is 1. The van der Waals surface area contributed by atoms with Gasteiger partial charge in [-0.3, -0.25) is 0 Å². The quantitative estimate of drug-likeness (QED) is 0.655. The first kappa shape index (κ1) is 6.00. The van der Waals surface area contributed by atoms with Crippen LogP contribution < -0.4 is 4.74 Å². The third-order valence-corrected chi connectivity index (χ3v) is 0.689. The molecule has 0 aliphatic carbocycles. The molecule has 0 unspecified atom stereocenters. The number of imidazole rings is 1. The van der Waals surface area contributed by atoms with E-state index < -0.39 is 6.61 Å². The predicted octanol–water partition coefficient (Wildman–Crippen LogP) is 1.01. The molecule has 5 heteroatoms. The molecule has 1 rings (SSSR count). The van der Waals surface area contributed by atoms with Gasteiger partial charge in [-0.1, -0.05) is 0 Å². The summed E-state index contributed by atoms with van der Waals surface area (Å²) in [7, 11) is 0. The van der Waals surface area contributed by atoms with E-state index in [1.54, 1.807) is 0 Å². The lowest BCUT2D eigenvalue weighted by atomic mass is 10.9. The average Bonchev–Trinajstić information content (AvgIpc) is 2.15. The summed E-state index contributed by atoms with van der Waals surface area (Å²) in [6, 6.07) is 0. The van der Waals surface area contributed by atoms with E-state index in [2.05, 4.69) is 14.7 Å². The van der Waals surface area contributed by atoms with E-state index >= 15 is 0 Å². The van der Waals surface area contributed by atoms with Crippen LogP contribution in [0.4, 0.5) is 8.78 Å². The second-order valence-electron chi connectivity index (χ2n) is 1.29. The lowest BCUT2D eigenvalue weighted by Crippen LogP contribution is -2.01. The molecule has 0 radical (unpaired) electrons. The van der Waals surface area contributed by atoms with Gasteiger partial charge >= 0.3 is 6.61 Å². The lowest BCUT2D eigenvalue weighted by Gasteiger charge is -1.97. The largest absolute Gasteiger partial charge is 0.417 e. The van der Waals surface area contributed by atoms with Gasteiger partial charge in [-0.05, 0) is 0 Å². The van der Waals surface area contributed by atoms with E-state index in [0.29, 0.717) is 0 Å². The highest BCUT2D eigenvalue weighted by Crippen LogP contribution is 2.05. The third-order valence-electron chi connectivity index (χ3n) is 0.689. The van der Waals surface area contributed by atoms with Crippen LogP contribution in [0.3, 0.4) is 0 Å². The van der Waals surface area contributed by atoms with E-state index in [-0.39, 0.29) is 5.88 Å². The van der Waals surface area contributed by atoms with Gasteiger partial charge < -0.3 is 9.72 Å². The van der Waals surface area contributed by atoms with Crippen molar-refractivity contribution in [1.82, 2.24) is 9.97 Å². The molecule has 0 atom stereocenters. The number of aromatic nitrogens is 2. The molecule has 1 N–H and O–H groups in total. The van der Waals surface area contributed by atoms with Gasteiger partial charge in [-0.25, -0.2) is 4.98 Å². The fourth-order valence-electron chi connectivity index (χ4n) is 0.404. The molecule has 0 aliphatic rings. The van der Waals surface area contributed by atoms with E-state index in [9.17, 15) is 8.78 Å². The molecule has 0 aliphatic heterocycles. The minimum atomic E-state index is -2.79. The number of halogens is 2. The molecule has 0 saturated carbocycles. The zero-order valence-corrected chi connectivity index (χ0v) is 4.34. The maximum Gasteiger partial charge on any atom is 0.388 e. The number of ether oxygens (including phenoxy) is 1. The minimum Gasteiger partial charge on any atom is -0.417 e. The number of nitrogens with zero attached hydrogens (tertiary/aromatic N) is 1. The number of rotatable bonds is 2. The molecule has 0 spiro atoms. The number of H-pyrrole nitrogens is 1. The van der Waals surface area contributed by atoms with Crippen molar-refractivity contribution in [2.75, 3.05) is 0 Å². The minimum absolute atomic E-state index is 0.0231. The zero-order chi connectivity index (χ0) is 6.69. The third kappa shape index (κ3) is 1.67. The molecule has 0 saturated heterocycles. The highest BCUT2D eigenvalue weighted by atomic mass is 19.3. The van der Waals surface area contributed by atoms with Crippen molar-refractivity contribution >= 4 is 0 Å². The van der Waals surface area contributed by atoms with Crippen LogP contribution in [0.25, 0.3) is 0 Å². The first-order valence-corrected chi connectivity index (χ1v) is 2.22. The Morgan fingerprint density at radius 2 is 2.44 bits per heavy atom. The van der Waals surface area contributed by atoms with Crippen LogP contribution in [-0.4, -0.2) is 16.6 Å². The van der Waals surface area contributed by atoms with Crippen molar-refractivity contribution < 1.29 is 13.5 Å². The van der Waals surface area contributed by atoms with Crippen LogP contribution in [0.2, 0.25) is 0 Å². The van der Waals surface area contributed by atoms with Crippen molar-refractivity contribution in [3.63, 3.8) is 0 Å². The molecule has 1 aromatic heterocycles. The molecule has 50 valence electrons. The highest BCUT2D eigenvalue weighted by Gasteiger charge is 2.02. The number of aromatic amines is 1. The van der Waals surface area contributed by atoms with E-state index in [0.717, 1.165) is 0 Å². The average molecular weight is 134 g/mol. The molecule has 0 bridgehead atoms. The monoisotopic (exact) mass is 134 g/mol. The number of hydrogen-bond acceptors (Lipinski definition) is 2. The molecule has 0 amide bonds. The summed E-state index contributed by atoms with van der Waals surface area (Å²) in [4.78, 5) is 5.82. The fourth-order valence-corrected chi connectivity index (χ4v) is 0.404. The van der Waals surface area contributed by atoms with Gasteiger partial charge in [0.25, 0.3) is 0 Å². The Morgan fingerprint density at radius 3 is 2.89 bits per heavy atom. The Bertz CT molecular complexity index is 163. The van der Waals surface area contributed by atoms with Gasteiger partial charge in [0.2, 0.25) is 5.88 Å². The topological polar surface area (TPSA) is 37.9 Å². The number of nitrogens with one attached hydrogen (secondary N) is 1. The molecule has 1 aromatic rings. The molecule has 9 heavy (non-hydrogen) atoms. The van der Waals surface area contributed by atoms with E-state index in [4.69, 9.17) is 0 Å². The summed E-state index contributed by atoms with van der Waals surface area (Å²) in [5.74, 6) is -0.0231. The van der Waals surface area contributed by atoms with Gasteiger partial charge in [0, 0.05) is 0 Å². The van der Waals surface area contributed by atoms with E-state index in [1.165, 1.54) is 12.5 Å². The number of alkyl halides is 2. The Balaban J connectivity index is 2.48. The van der Waals surface area contributed by atoms with Crippen molar-refractivity contribution in [3.05, 3.63) is 12.5 Å². The van der Waals surface area contributed by atoms with Gasteiger partial charge in [0.1, 0.15) is 0 Å². The van der Waals surface area contributed by atoms with Crippen LogP contribution in [0, 0.1) is 0 Å². The first-order chi connectivity index (χ1) is 4.29. The van der Waals surface area contributed by atoms with Gasteiger partial charge in [0.05, 0.1) is 12.5 Å². The van der Waals surface area contributed by atoms with Crippen LogP contribution in [0.1, 0.15) is 0 Å². The fraction of sp³-hybridized carbons (Fsp3) is 0.250. The molecular weight excluding hydrogens is 130 g/mol. The van der Waals surface area contributed by atoms with Gasteiger partial charge in [-0.15, -0.1) is 0 Å². The SMILES string of the molecule is FC(F)Oc1cnc[nH]1. The maximum atomic E-state index is 11.3. The van der Waals surface area contributed by atoms with Crippen LogP contribution in [0.5, 0.6) is 5.88 Å². The van der Waals surface area contributed by atoms with Crippen molar-refractivity contribution in [2.45, 2.75) is 6.61 Å². The summed E-state index contributed by atoms with van der Waals surface area (Å²) < 4.78 is 26.6. The Hall–Kier alpha value is -1.13. The summed E-state index contributed by atoms with van der Waals surface area (Å²) in [6.07, 6.45) is 2.43. The molecule has 0 fully saturated rings. The van der Waals surface area contributed by atoms with Crippen LogP contribution in [-0.2, 0) is 0 Å². The summed E-state index contributed by atoms with van der Waals surface area (Å²) >= 11 is 0. The smallest absolute Gasteiger partial charge is 0.388 e. The second-order valence-corrected chi connectivity index (χ2v) is 1.29.